The van der Waals surface area contributed by atoms with Crippen LogP contribution in [0.15, 0.2) is 24.3 Å². The van der Waals surface area contributed by atoms with Gasteiger partial charge in [-0.15, -0.1) is 0 Å². The molecule has 0 saturated heterocycles. The van der Waals surface area contributed by atoms with Gasteiger partial charge in [0.25, 0.3) is 0 Å². The van der Waals surface area contributed by atoms with Crippen molar-refractivity contribution in [3.8, 4) is 5.75 Å². The molecule has 0 aromatic heterocycles. The fraction of sp³-hybridized carbons (Fsp3) is 0.632. The maximum atomic E-state index is 11.9. The molecule has 5 nitrogen and oxygen atoms in total. The second-order valence-electron chi connectivity index (χ2n) is 7.83. The van der Waals surface area contributed by atoms with Gasteiger partial charge in [0.2, 0.25) is 0 Å². The van der Waals surface area contributed by atoms with Gasteiger partial charge < -0.3 is 20.5 Å². The molecule has 1 rings (SSSR count). The fourth-order valence-corrected chi connectivity index (χ4v) is 2.20. The molecule has 0 fully saturated rings. The summed E-state index contributed by atoms with van der Waals surface area (Å²) in [5.41, 5.74) is 5.82. The van der Waals surface area contributed by atoms with Crippen LogP contribution in [-0.2, 0) is 11.3 Å². The van der Waals surface area contributed by atoms with E-state index in [0.717, 1.165) is 24.2 Å². The fourth-order valence-electron chi connectivity index (χ4n) is 2.20. The number of rotatable bonds is 7. The van der Waals surface area contributed by atoms with Crippen molar-refractivity contribution in [2.24, 2.45) is 5.73 Å². The first-order valence-electron chi connectivity index (χ1n) is 8.47. The van der Waals surface area contributed by atoms with Crippen LogP contribution in [0.2, 0.25) is 0 Å². The summed E-state index contributed by atoms with van der Waals surface area (Å²) in [5.74, 6) is 0.831. The van der Waals surface area contributed by atoms with Crippen LogP contribution in [0.1, 0.15) is 59.9 Å². The van der Waals surface area contributed by atoms with Gasteiger partial charge >= 0.3 is 6.09 Å². The highest BCUT2D eigenvalue weighted by Crippen LogP contribution is 2.19. The summed E-state index contributed by atoms with van der Waals surface area (Å²) in [7, 11) is 0. The third-order valence-electron chi connectivity index (χ3n) is 3.51. The smallest absolute Gasteiger partial charge is 0.408 e. The quantitative estimate of drug-likeness (QED) is 0.789. The Morgan fingerprint density at radius 1 is 1.17 bits per heavy atom. The van der Waals surface area contributed by atoms with Gasteiger partial charge in [0, 0.05) is 12.1 Å². The number of nitrogens with two attached hydrogens (primary N) is 1. The second-order valence-corrected chi connectivity index (χ2v) is 7.83. The standard InChI is InChI=1S/C19H32N2O3/c1-14(23-16-9-7-15(13-20)8-10-16)11-12-19(5,6)21-17(22)24-18(2,3)4/h7-10,14H,11-13,20H2,1-6H3,(H,21,22). The van der Waals surface area contributed by atoms with Crippen molar-refractivity contribution in [1.29, 1.82) is 0 Å². The van der Waals surface area contributed by atoms with Crippen LogP contribution in [0.25, 0.3) is 0 Å². The van der Waals surface area contributed by atoms with Crippen molar-refractivity contribution in [2.75, 3.05) is 0 Å². The van der Waals surface area contributed by atoms with E-state index in [4.69, 9.17) is 15.2 Å². The third-order valence-corrected chi connectivity index (χ3v) is 3.51. The molecule has 0 saturated carbocycles. The maximum absolute atomic E-state index is 11.9. The Labute approximate surface area is 145 Å². The number of hydrogen-bond acceptors (Lipinski definition) is 4. The topological polar surface area (TPSA) is 73.6 Å². The van der Waals surface area contributed by atoms with E-state index in [-0.39, 0.29) is 11.6 Å². The lowest BCUT2D eigenvalue weighted by atomic mass is 9.97. The summed E-state index contributed by atoms with van der Waals surface area (Å²) >= 11 is 0. The SMILES string of the molecule is CC(CCC(C)(C)NC(=O)OC(C)(C)C)Oc1ccc(CN)cc1. The van der Waals surface area contributed by atoms with Crippen LogP contribution in [0.5, 0.6) is 5.75 Å². The average molecular weight is 336 g/mol. The van der Waals surface area contributed by atoms with Crippen LogP contribution in [-0.4, -0.2) is 23.3 Å². The molecule has 136 valence electrons. The molecule has 1 aromatic rings. The molecule has 0 aliphatic carbocycles. The maximum Gasteiger partial charge on any atom is 0.408 e. The molecule has 0 heterocycles. The number of carbonyl (C=O) groups is 1. The highest BCUT2D eigenvalue weighted by atomic mass is 16.6. The van der Waals surface area contributed by atoms with Gasteiger partial charge in [0.15, 0.2) is 0 Å². The predicted octanol–water partition coefficient (Wildman–Crippen LogP) is 4.00. The number of carbonyl (C=O) groups excluding carboxylic acids is 1. The lowest BCUT2D eigenvalue weighted by molar-refractivity contribution is 0.0460. The molecule has 24 heavy (non-hydrogen) atoms. The van der Waals surface area contributed by atoms with Gasteiger partial charge in [0.1, 0.15) is 11.4 Å². The van der Waals surface area contributed by atoms with Crippen molar-refractivity contribution in [2.45, 2.75) is 78.2 Å². The van der Waals surface area contributed by atoms with Crippen LogP contribution < -0.4 is 15.8 Å². The first-order chi connectivity index (χ1) is 11.0. The van der Waals surface area contributed by atoms with E-state index >= 15 is 0 Å². The Bertz CT molecular complexity index is 518. The van der Waals surface area contributed by atoms with Gasteiger partial charge in [-0.25, -0.2) is 4.79 Å². The molecular weight excluding hydrogens is 304 g/mol. The second kappa shape index (κ2) is 8.38. The number of nitrogens with one attached hydrogen (secondary N) is 1. The van der Waals surface area contributed by atoms with Gasteiger partial charge in [-0.2, -0.15) is 0 Å². The minimum Gasteiger partial charge on any atom is -0.491 e. The number of amides is 1. The van der Waals surface area contributed by atoms with E-state index in [1.165, 1.54) is 0 Å². The van der Waals surface area contributed by atoms with E-state index in [1.807, 2.05) is 65.8 Å². The summed E-state index contributed by atoms with van der Waals surface area (Å²) in [5, 5.41) is 2.92. The highest BCUT2D eigenvalue weighted by Gasteiger charge is 2.25. The number of ether oxygens (including phenoxy) is 2. The first kappa shape index (κ1) is 20.3. The normalized spacial score (nSPS) is 13.3. The summed E-state index contributed by atoms with van der Waals surface area (Å²) in [6, 6.07) is 7.80. The summed E-state index contributed by atoms with van der Waals surface area (Å²) in [6.45, 7) is 12.1. The first-order valence-corrected chi connectivity index (χ1v) is 8.47. The Balaban J connectivity index is 2.43. The van der Waals surface area contributed by atoms with E-state index in [1.54, 1.807) is 0 Å². The lowest BCUT2D eigenvalue weighted by Crippen LogP contribution is -2.46. The Kier molecular flexibility index (Phi) is 7.08. The average Bonchev–Trinajstić information content (AvgIpc) is 2.43. The van der Waals surface area contributed by atoms with Crippen molar-refractivity contribution < 1.29 is 14.3 Å². The monoisotopic (exact) mass is 336 g/mol. The van der Waals surface area contributed by atoms with Crippen molar-refractivity contribution >= 4 is 6.09 Å². The van der Waals surface area contributed by atoms with Crippen LogP contribution in [0.3, 0.4) is 0 Å². The molecule has 1 aromatic carbocycles. The number of alkyl carbamates (subject to hydrolysis) is 1. The van der Waals surface area contributed by atoms with Crippen LogP contribution >= 0.6 is 0 Å². The molecule has 0 spiro atoms. The molecule has 1 unspecified atom stereocenters. The molecule has 0 bridgehead atoms. The largest absolute Gasteiger partial charge is 0.491 e. The molecule has 1 atom stereocenters. The van der Waals surface area contributed by atoms with Gasteiger partial charge in [-0.1, -0.05) is 12.1 Å². The van der Waals surface area contributed by atoms with Gasteiger partial charge in [-0.3, -0.25) is 0 Å². The third kappa shape index (κ3) is 8.20. The lowest BCUT2D eigenvalue weighted by Gasteiger charge is -2.29. The molecule has 3 N–H and O–H groups in total. The van der Waals surface area contributed by atoms with E-state index in [9.17, 15) is 4.79 Å². The summed E-state index contributed by atoms with van der Waals surface area (Å²) in [6.07, 6.45) is 1.27. The van der Waals surface area contributed by atoms with Crippen molar-refractivity contribution in [3.05, 3.63) is 29.8 Å². The molecule has 1 amide bonds. The number of hydrogen-bond donors (Lipinski definition) is 2. The molecule has 5 heteroatoms. The predicted molar refractivity (Wildman–Crippen MR) is 97.1 cm³/mol. The Morgan fingerprint density at radius 3 is 2.25 bits per heavy atom. The Hall–Kier alpha value is -1.75. The zero-order valence-corrected chi connectivity index (χ0v) is 15.8. The zero-order valence-electron chi connectivity index (χ0n) is 15.8. The molecule has 0 radical (unpaired) electrons. The minimum absolute atomic E-state index is 0.0495. The molecule has 0 aliphatic rings. The van der Waals surface area contributed by atoms with E-state index in [0.29, 0.717) is 6.54 Å². The van der Waals surface area contributed by atoms with Gasteiger partial charge in [-0.05, 0) is 72.1 Å². The van der Waals surface area contributed by atoms with Gasteiger partial charge in [0.05, 0.1) is 6.10 Å². The zero-order chi connectivity index (χ0) is 18.4. The van der Waals surface area contributed by atoms with Crippen LogP contribution in [0, 0.1) is 0 Å². The Morgan fingerprint density at radius 2 is 1.75 bits per heavy atom. The van der Waals surface area contributed by atoms with E-state index in [2.05, 4.69) is 5.32 Å². The van der Waals surface area contributed by atoms with Crippen molar-refractivity contribution in [1.82, 2.24) is 5.32 Å². The molecule has 0 aliphatic heterocycles. The highest BCUT2D eigenvalue weighted by molar-refractivity contribution is 5.68. The van der Waals surface area contributed by atoms with E-state index < -0.39 is 11.7 Å². The summed E-state index contributed by atoms with van der Waals surface area (Å²) in [4.78, 5) is 11.9. The number of benzene rings is 1. The molecular formula is C19H32N2O3. The van der Waals surface area contributed by atoms with Crippen molar-refractivity contribution in [3.63, 3.8) is 0 Å². The summed E-state index contributed by atoms with van der Waals surface area (Å²) < 4.78 is 11.2. The minimum atomic E-state index is -0.494. The van der Waals surface area contributed by atoms with Crippen LogP contribution in [0.4, 0.5) is 4.79 Å².